The summed E-state index contributed by atoms with van der Waals surface area (Å²) in [4.78, 5) is 23.0. The van der Waals surface area contributed by atoms with E-state index in [1.54, 1.807) is 6.92 Å². The molecule has 7 nitrogen and oxygen atoms in total. The molecule has 0 bridgehead atoms. The minimum Gasteiger partial charge on any atom is -0.487 e. The number of rotatable bonds is 10. The summed E-state index contributed by atoms with van der Waals surface area (Å²) in [5.41, 5.74) is 6.09. The van der Waals surface area contributed by atoms with Crippen LogP contribution in [0.5, 0.6) is 5.75 Å². The Kier molecular flexibility index (Phi) is 7.45. The molecule has 0 radical (unpaired) electrons. The Morgan fingerprint density at radius 1 is 0.921 bits per heavy atom. The molecule has 0 atom stereocenters. The quantitative estimate of drug-likeness (QED) is 0.187. The summed E-state index contributed by atoms with van der Waals surface area (Å²) in [5.74, 6) is 0.324. The minimum absolute atomic E-state index is 0.137. The molecule has 0 unspecified atom stereocenters. The molecule has 1 aromatic heterocycles. The summed E-state index contributed by atoms with van der Waals surface area (Å²) in [7, 11) is 0. The molecule has 7 heteroatoms. The number of carbonyl (C=O) groups excluding carboxylic acids is 2. The van der Waals surface area contributed by atoms with Gasteiger partial charge in [-0.15, -0.1) is 0 Å². The van der Waals surface area contributed by atoms with E-state index < -0.39 is 0 Å². The highest BCUT2D eigenvalue weighted by Crippen LogP contribution is 2.30. The summed E-state index contributed by atoms with van der Waals surface area (Å²) in [5, 5.41) is 8.57. The summed E-state index contributed by atoms with van der Waals surface area (Å²) in [6.07, 6.45) is 0.806. The zero-order chi connectivity index (χ0) is 26.3. The lowest BCUT2D eigenvalue weighted by molar-refractivity contribution is -0.142. The lowest BCUT2D eigenvalue weighted by Crippen LogP contribution is -2.09. The van der Waals surface area contributed by atoms with Crippen molar-refractivity contribution in [3.05, 3.63) is 108 Å². The number of nitrogens with zero attached hydrogens (tertiary/aromatic N) is 2. The standard InChI is InChI=1S/C31H27N3O4/c1-2-37-31(36)19-24-9-6-7-14-30(24)38-20-28-27-18-23(22-10-8-11-25(17-22)32-21-35)15-16-29(27)34(33-28)26-12-4-3-5-13-26/h3-18,21H,2,19-20H2,1H3,(H,32,35). The molecular formula is C31H27N3O4. The Morgan fingerprint density at radius 2 is 1.71 bits per heavy atom. The highest BCUT2D eigenvalue weighted by atomic mass is 16.5. The molecule has 190 valence electrons. The van der Waals surface area contributed by atoms with Crippen molar-refractivity contribution in [3.8, 4) is 22.6 Å². The fraction of sp³-hybridized carbons (Fsp3) is 0.129. The Balaban J connectivity index is 1.52. The molecule has 0 saturated heterocycles. The predicted octanol–water partition coefficient (Wildman–Crippen LogP) is 5.95. The number of hydrogen-bond acceptors (Lipinski definition) is 5. The van der Waals surface area contributed by atoms with Crippen molar-refractivity contribution in [1.29, 1.82) is 0 Å². The monoisotopic (exact) mass is 505 g/mol. The van der Waals surface area contributed by atoms with E-state index in [4.69, 9.17) is 14.6 Å². The van der Waals surface area contributed by atoms with Gasteiger partial charge in [0, 0.05) is 16.6 Å². The fourth-order valence-corrected chi connectivity index (χ4v) is 4.39. The Bertz CT molecular complexity index is 1580. The summed E-state index contributed by atoms with van der Waals surface area (Å²) < 4.78 is 13.3. The zero-order valence-corrected chi connectivity index (χ0v) is 21.0. The fourth-order valence-electron chi connectivity index (χ4n) is 4.39. The van der Waals surface area contributed by atoms with Crippen LogP contribution in [0.4, 0.5) is 5.69 Å². The smallest absolute Gasteiger partial charge is 0.310 e. The number of hydrogen-bond donors (Lipinski definition) is 1. The molecule has 1 heterocycles. The molecule has 5 aromatic rings. The lowest BCUT2D eigenvalue weighted by Gasteiger charge is -2.10. The molecule has 5 rings (SSSR count). The third-order valence-corrected chi connectivity index (χ3v) is 6.16. The number of carbonyl (C=O) groups is 2. The van der Waals surface area contributed by atoms with Gasteiger partial charge in [-0.3, -0.25) is 9.59 Å². The van der Waals surface area contributed by atoms with E-state index in [1.165, 1.54) is 0 Å². The second-order valence-electron chi connectivity index (χ2n) is 8.65. The van der Waals surface area contributed by atoms with E-state index in [9.17, 15) is 9.59 Å². The van der Waals surface area contributed by atoms with Crippen molar-refractivity contribution in [3.63, 3.8) is 0 Å². The van der Waals surface area contributed by atoms with Crippen molar-refractivity contribution in [2.75, 3.05) is 11.9 Å². The van der Waals surface area contributed by atoms with Crippen LogP contribution in [0.3, 0.4) is 0 Å². The molecule has 1 amide bonds. The Hall–Kier alpha value is -4.91. The molecule has 0 saturated carbocycles. The van der Waals surface area contributed by atoms with Crippen molar-refractivity contribution in [1.82, 2.24) is 9.78 Å². The molecule has 4 aromatic carbocycles. The number of para-hydroxylation sites is 2. The first-order valence-corrected chi connectivity index (χ1v) is 12.4. The average molecular weight is 506 g/mol. The molecular weight excluding hydrogens is 478 g/mol. The molecule has 38 heavy (non-hydrogen) atoms. The summed E-state index contributed by atoms with van der Waals surface area (Å²) >= 11 is 0. The average Bonchev–Trinajstić information content (AvgIpc) is 3.31. The van der Waals surface area contributed by atoms with Gasteiger partial charge in [0.25, 0.3) is 0 Å². The number of anilines is 1. The Labute approximate surface area is 220 Å². The van der Waals surface area contributed by atoms with Crippen molar-refractivity contribution in [2.45, 2.75) is 20.0 Å². The second-order valence-corrected chi connectivity index (χ2v) is 8.65. The van der Waals surface area contributed by atoms with Crippen molar-refractivity contribution < 1.29 is 19.1 Å². The van der Waals surface area contributed by atoms with Crippen LogP contribution in [0.2, 0.25) is 0 Å². The van der Waals surface area contributed by atoms with Gasteiger partial charge >= 0.3 is 5.97 Å². The van der Waals surface area contributed by atoms with Crippen LogP contribution in [0.25, 0.3) is 27.7 Å². The molecule has 1 N–H and O–H groups in total. The highest BCUT2D eigenvalue weighted by molar-refractivity contribution is 5.89. The normalized spacial score (nSPS) is 10.8. The van der Waals surface area contributed by atoms with Gasteiger partial charge in [0.2, 0.25) is 6.41 Å². The number of amides is 1. The van der Waals surface area contributed by atoms with Crippen molar-refractivity contribution >= 4 is 29.0 Å². The highest BCUT2D eigenvalue weighted by Gasteiger charge is 2.16. The first kappa shape index (κ1) is 24.8. The van der Waals surface area contributed by atoms with E-state index >= 15 is 0 Å². The molecule has 0 spiro atoms. The van der Waals surface area contributed by atoms with Gasteiger partial charge in [-0.2, -0.15) is 5.10 Å². The van der Waals surface area contributed by atoms with Crippen LogP contribution in [0, 0.1) is 0 Å². The minimum atomic E-state index is -0.293. The first-order valence-electron chi connectivity index (χ1n) is 12.4. The topological polar surface area (TPSA) is 82.4 Å². The number of ether oxygens (including phenoxy) is 2. The lowest BCUT2D eigenvalue weighted by atomic mass is 10.0. The predicted molar refractivity (Wildman–Crippen MR) is 147 cm³/mol. The van der Waals surface area contributed by atoms with Gasteiger partial charge in [-0.1, -0.05) is 54.6 Å². The second kappa shape index (κ2) is 11.4. The van der Waals surface area contributed by atoms with Crippen LogP contribution in [-0.2, 0) is 27.4 Å². The molecule has 0 fully saturated rings. The number of esters is 1. The van der Waals surface area contributed by atoms with Crippen LogP contribution >= 0.6 is 0 Å². The van der Waals surface area contributed by atoms with Crippen LogP contribution in [0.15, 0.2) is 97.1 Å². The van der Waals surface area contributed by atoms with E-state index in [2.05, 4.69) is 11.4 Å². The number of benzene rings is 4. The van der Waals surface area contributed by atoms with Crippen LogP contribution < -0.4 is 10.1 Å². The molecule has 0 aliphatic heterocycles. The molecule has 0 aliphatic rings. The summed E-state index contributed by atoms with van der Waals surface area (Å²) in [6, 6.07) is 31.3. The van der Waals surface area contributed by atoms with Gasteiger partial charge in [-0.05, 0) is 60.5 Å². The van der Waals surface area contributed by atoms with E-state index in [-0.39, 0.29) is 19.0 Å². The van der Waals surface area contributed by atoms with Crippen molar-refractivity contribution in [2.24, 2.45) is 0 Å². The van der Waals surface area contributed by atoms with Crippen LogP contribution in [-0.4, -0.2) is 28.8 Å². The van der Waals surface area contributed by atoms with E-state index in [1.807, 2.05) is 95.7 Å². The third kappa shape index (κ3) is 5.42. The van der Waals surface area contributed by atoms with Gasteiger partial charge in [0.1, 0.15) is 18.1 Å². The van der Waals surface area contributed by atoms with Gasteiger partial charge in [0.15, 0.2) is 0 Å². The first-order chi connectivity index (χ1) is 18.7. The third-order valence-electron chi connectivity index (χ3n) is 6.16. The van der Waals surface area contributed by atoms with Gasteiger partial charge in [0.05, 0.1) is 24.2 Å². The van der Waals surface area contributed by atoms with E-state index in [0.29, 0.717) is 18.8 Å². The number of fused-ring (bicyclic) bond motifs is 1. The Morgan fingerprint density at radius 3 is 2.53 bits per heavy atom. The number of nitrogens with one attached hydrogen (secondary N) is 1. The molecule has 0 aliphatic carbocycles. The zero-order valence-electron chi connectivity index (χ0n) is 21.0. The van der Waals surface area contributed by atoms with E-state index in [0.717, 1.165) is 44.7 Å². The SMILES string of the molecule is CCOC(=O)Cc1ccccc1OCc1nn(-c2ccccc2)c2ccc(-c3cccc(NC=O)c3)cc12. The number of aromatic nitrogens is 2. The van der Waals surface area contributed by atoms with Gasteiger partial charge in [-0.25, -0.2) is 4.68 Å². The maximum absolute atomic E-state index is 12.1. The van der Waals surface area contributed by atoms with Gasteiger partial charge < -0.3 is 14.8 Å². The van der Waals surface area contributed by atoms with Crippen LogP contribution in [0.1, 0.15) is 18.2 Å². The largest absolute Gasteiger partial charge is 0.487 e. The summed E-state index contributed by atoms with van der Waals surface area (Å²) in [6.45, 7) is 2.34. The maximum Gasteiger partial charge on any atom is 0.310 e. The maximum atomic E-state index is 12.1.